The molecule has 0 fully saturated rings. The van der Waals surface area contributed by atoms with Crippen molar-refractivity contribution >= 4 is 27.4 Å². The van der Waals surface area contributed by atoms with E-state index in [4.69, 9.17) is 0 Å². The lowest BCUT2D eigenvalue weighted by atomic mass is 9.85. The molecule has 2 heterocycles. The van der Waals surface area contributed by atoms with Gasteiger partial charge in [-0.15, -0.1) is 0 Å². The average Bonchev–Trinajstić information content (AvgIpc) is 3.70. The fourth-order valence-corrected chi connectivity index (χ4v) is 7.37. The van der Waals surface area contributed by atoms with Gasteiger partial charge in [-0.05, 0) is 131 Å². The van der Waals surface area contributed by atoms with Crippen molar-refractivity contribution in [3.8, 4) is 33.8 Å². The number of aryl methyl sites for hydroxylation is 1. The van der Waals surface area contributed by atoms with E-state index in [-0.39, 0.29) is 10.8 Å². The predicted octanol–water partition coefficient (Wildman–Crippen LogP) is 13.8. The van der Waals surface area contributed by atoms with Crippen LogP contribution in [0.3, 0.4) is 0 Å². The van der Waals surface area contributed by atoms with Gasteiger partial charge in [-0.2, -0.15) is 0 Å². The summed E-state index contributed by atoms with van der Waals surface area (Å²) < 4.78 is 4.84. The first-order chi connectivity index (χ1) is 24.4. The SMILES string of the molecule is CC=CC(=CC)c1ccc(-c2ccccc2)n1-c1ccc(C)c(-c2ccc(-n3c4ccc(C(C)(C)C)cc4c4cc(C(C)(C)C)ccc43)cc2)c1. The monoisotopic (exact) mass is 666 g/mol. The van der Waals surface area contributed by atoms with Crippen LogP contribution in [0.4, 0.5) is 0 Å². The standard InChI is InChI=1S/C49H50N2/c1-10-15-34(11-2)44-28-29-45(36-16-13-12-14-17-36)51(44)40-23-18-33(3)41(32-40)35-19-24-39(25-20-35)50-46-26-21-37(48(4,5)6)30-42(46)43-31-38(49(7,8)9)22-27-47(43)50/h10-32H,1-9H3. The van der Waals surface area contributed by atoms with Crippen molar-refractivity contribution in [1.29, 1.82) is 0 Å². The molecule has 256 valence electrons. The number of hydrogen-bond acceptors (Lipinski definition) is 0. The Kier molecular flexibility index (Phi) is 8.76. The van der Waals surface area contributed by atoms with Crippen molar-refractivity contribution in [1.82, 2.24) is 9.13 Å². The molecule has 0 bridgehead atoms. The van der Waals surface area contributed by atoms with Gasteiger partial charge >= 0.3 is 0 Å². The summed E-state index contributed by atoms with van der Waals surface area (Å²) in [5.74, 6) is 0. The van der Waals surface area contributed by atoms with E-state index in [1.54, 1.807) is 0 Å². The Morgan fingerprint density at radius 2 is 1.14 bits per heavy atom. The molecule has 0 saturated heterocycles. The van der Waals surface area contributed by atoms with Crippen molar-refractivity contribution in [3.63, 3.8) is 0 Å². The molecule has 7 aromatic rings. The molecule has 2 heteroatoms. The summed E-state index contributed by atoms with van der Waals surface area (Å²) >= 11 is 0. The summed E-state index contributed by atoms with van der Waals surface area (Å²) in [7, 11) is 0. The van der Waals surface area contributed by atoms with Crippen LogP contribution < -0.4 is 0 Å². The number of nitrogens with zero attached hydrogens (tertiary/aromatic N) is 2. The molecule has 0 amide bonds. The maximum atomic E-state index is 2.44. The van der Waals surface area contributed by atoms with Gasteiger partial charge in [-0.1, -0.05) is 120 Å². The molecule has 0 unspecified atom stereocenters. The first-order valence-electron chi connectivity index (χ1n) is 18.3. The van der Waals surface area contributed by atoms with Crippen LogP contribution in [0, 0.1) is 6.92 Å². The predicted molar refractivity (Wildman–Crippen MR) is 222 cm³/mol. The summed E-state index contributed by atoms with van der Waals surface area (Å²) in [6.07, 6.45) is 6.50. The molecule has 0 spiro atoms. The minimum Gasteiger partial charge on any atom is -0.309 e. The van der Waals surface area contributed by atoms with Crippen LogP contribution in [0.25, 0.3) is 61.1 Å². The zero-order valence-corrected chi connectivity index (χ0v) is 31.7. The number of rotatable bonds is 6. The second-order valence-corrected chi connectivity index (χ2v) is 15.9. The average molecular weight is 667 g/mol. The van der Waals surface area contributed by atoms with E-state index in [0.29, 0.717) is 0 Å². The molecule has 2 nitrogen and oxygen atoms in total. The van der Waals surface area contributed by atoms with E-state index < -0.39 is 0 Å². The van der Waals surface area contributed by atoms with Crippen LogP contribution in [0.15, 0.2) is 140 Å². The molecule has 7 rings (SSSR count). The minimum atomic E-state index is 0.0721. The van der Waals surface area contributed by atoms with Crippen molar-refractivity contribution in [2.75, 3.05) is 0 Å². The van der Waals surface area contributed by atoms with Crippen LogP contribution >= 0.6 is 0 Å². The maximum Gasteiger partial charge on any atom is 0.0541 e. The number of fused-ring (bicyclic) bond motifs is 3. The third-order valence-corrected chi connectivity index (χ3v) is 10.3. The smallest absolute Gasteiger partial charge is 0.0541 e. The number of hydrogen-bond donors (Lipinski definition) is 0. The highest BCUT2D eigenvalue weighted by atomic mass is 15.0. The van der Waals surface area contributed by atoms with Crippen LogP contribution in [-0.2, 0) is 10.8 Å². The number of benzene rings is 5. The second kappa shape index (κ2) is 13.1. The summed E-state index contributed by atoms with van der Waals surface area (Å²) in [5.41, 5.74) is 16.1. The van der Waals surface area contributed by atoms with Gasteiger partial charge in [-0.3, -0.25) is 0 Å². The van der Waals surface area contributed by atoms with Gasteiger partial charge in [0.1, 0.15) is 0 Å². The van der Waals surface area contributed by atoms with E-state index in [1.807, 2.05) is 0 Å². The number of allylic oxidation sites excluding steroid dienone is 4. The van der Waals surface area contributed by atoms with E-state index in [9.17, 15) is 0 Å². The third kappa shape index (κ3) is 6.29. The maximum absolute atomic E-state index is 2.44. The zero-order valence-electron chi connectivity index (χ0n) is 31.7. The lowest BCUT2D eigenvalue weighted by Crippen LogP contribution is -2.10. The summed E-state index contributed by atoms with van der Waals surface area (Å²) in [6.45, 7) is 20.2. The molecule has 5 aromatic carbocycles. The fourth-order valence-electron chi connectivity index (χ4n) is 7.37. The highest BCUT2D eigenvalue weighted by molar-refractivity contribution is 6.10. The Balaban J connectivity index is 1.36. The molecule has 0 aliphatic carbocycles. The van der Waals surface area contributed by atoms with Gasteiger partial charge in [0.05, 0.1) is 22.4 Å². The van der Waals surface area contributed by atoms with E-state index in [0.717, 1.165) is 5.69 Å². The fraction of sp³-hybridized carbons (Fsp3) is 0.224. The first-order valence-corrected chi connectivity index (χ1v) is 18.3. The van der Waals surface area contributed by atoms with Gasteiger partial charge in [0.15, 0.2) is 0 Å². The molecule has 0 saturated carbocycles. The van der Waals surface area contributed by atoms with Crippen LogP contribution in [0.2, 0.25) is 0 Å². The first kappa shape index (κ1) is 34.1. The minimum absolute atomic E-state index is 0.0721. The van der Waals surface area contributed by atoms with Crippen molar-refractivity contribution in [2.45, 2.75) is 73.1 Å². The Bertz CT molecular complexity index is 2360. The Hall–Kier alpha value is -5.34. The Labute approximate surface area is 304 Å². The van der Waals surface area contributed by atoms with Crippen LogP contribution in [-0.4, -0.2) is 9.13 Å². The summed E-state index contributed by atoms with van der Waals surface area (Å²) in [4.78, 5) is 0. The van der Waals surface area contributed by atoms with Crippen molar-refractivity contribution in [3.05, 3.63) is 162 Å². The zero-order chi connectivity index (χ0) is 36.1. The van der Waals surface area contributed by atoms with Crippen LogP contribution in [0.5, 0.6) is 0 Å². The van der Waals surface area contributed by atoms with Crippen molar-refractivity contribution < 1.29 is 0 Å². The molecule has 0 N–H and O–H groups in total. The van der Waals surface area contributed by atoms with E-state index in [2.05, 4.69) is 211 Å². The molecule has 0 atom stereocenters. The van der Waals surface area contributed by atoms with E-state index in [1.165, 1.54) is 77.8 Å². The highest BCUT2D eigenvalue weighted by Crippen LogP contribution is 2.39. The summed E-state index contributed by atoms with van der Waals surface area (Å²) in [5, 5.41) is 2.62. The quantitative estimate of drug-likeness (QED) is 0.156. The second-order valence-electron chi connectivity index (χ2n) is 15.9. The Morgan fingerprint density at radius 1 is 0.549 bits per heavy atom. The van der Waals surface area contributed by atoms with Gasteiger partial charge in [0.25, 0.3) is 0 Å². The van der Waals surface area contributed by atoms with Gasteiger partial charge < -0.3 is 9.13 Å². The normalized spacial score (nSPS) is 12.8. The summed E-state index contributed by atoms with van der Waals surface area (Å²) in [6, 6.07) is 45.3. The molecular formula is C49H50N2. The lowest BCUT2D eigenvalue weighted by molar-refractivity contribution is 0.590. The molecule has 51 heavy (non-hydrogen) atoms. The Morgan fingerprint density at radius 3 is 1.69 bits per heavy atom. The molecule has 2 aromatic heterocycles. The number of aromatic nitrogens is 2. The topological polar surface area (TPSA) is 9.86 Å². The van der Waals surface area contributed by atoms with Gasteiger partial charge in [-0.25, -0.2) is 0 Å². The lowest BCUT2D eigenvalue weighted by Gasteiger charge is -2.19. The molecule has 0 aliphatic heterocycles. The van der Waals surface area contributed by atoms with Crippen molar-refractivity contribution in [2.24, 2.45) is 0 Å². The molecule has 0 aliphatic rings. The highest BCUT2D eigenvalue weighted by Gasteiger charge is 2.21. The van der Waals surface area contributed by atoms with Crippen LogP contribution in [0.1, 0.15) is 77.8 Å². The largest absolute Gasteiger partial charge is 0.309 e. The van der Waals surface area contributed by atoms with E-state index >= 15 is 0 Å². The molecule has 0 radical (unpaired) electrons. The van der Waals surface area contributed by atoms with Gasteiger partial charge in [0.2, 0.25) is 0 Å². The van der Waals surface area contributed by atoms with Gasteiger partial charge in [0, 0.05) is 22.1 Å². The third-order valence-electron chi connectivity index (χ3n) is 10.3. The molecular weight excluding hydrogens is 617 g/mol.